The first-order valence-corrected chi connectivity index (χ1v) is 8.25. The minimum Gasteiger partial charge on any atom is -0.481 e. The average molecular weight is 282 g/mol. The van der Waals surface area contributed by atoms with Crippen LogP contribution in [-0.2, 0) is 4.79 Å². The lowest BCUT2D eigenvalue weighted by molar-refractivity contribution is -0.151. The average Bonchev–Trinajstić information content (AvgIpc) is 2.66. The van der Waals surface area contributed by atoms with Gasteiger partial charge in [-0.05, 0) is 78.2 Å². The number of likely N-dealkylation sites (tertiary alicyclic amines) is 2. The second-order valence-corrected chi connectivity index (χ2v) is 6.83. The van der Waals surface area contributed by atoms with Crippen molar-refractivity contribution in [1.29, 1.82) is 0 Å². The van der Waals surface area contributed by atoms with E-state index < -0.39 is 11.4 Å². The molecular formula is C16H30N2O2. The number of hydrogen-bond acceptors (Lipinski definition) is 3. The molecule has 0 bridgehead atoms. The summed E-state index contributed by atoms with van der Waals surface area (Å²) in [5, 5.41) is 9.31. The highest BCUT2D eigenvalue weighted by molar-refractivity contribution is 5.74. The van der Waals surface area contributed by atoms with Gasteiger partial charge >= 0.3 is 5.97 Å². The third-order valence-electron chi connectivity index (χ3n) is 5.26. The van der Waals surface area contributed by atoms with E-state index in [0.717, 1.165) is 25.9 Å². The molecule has 1 N–H and O–H groups in total. The van der Waals surface area contributed by atoms with E-state index in [1.165, 1.54) is 45.3 Å². The van der Waals surface area contributed by atoms with Crippen molar-refractivity contribution in [2.45, 2.75) is 58.4 Å². The summed E-state index contributed by atoms with van der Waals surface area (Å²) < 4.78 is 0. The molecular weight excluding hydrogens is 252 g/mol. The normalized spacial score (nSPS) is 29.0. The van der Waals surface area contributed by atoms with E-state index in [1.54, 1.807) is 0 Å². The van der Waals surface area contributed by atoms with E-state index in [9.17, 15) is 9.90 Å². The van der Waals surface area contributed by atoms with E-state index in [0.29, 0.717) is 6.04 Å². The van der Waals surface area contributed by atoms with Crippen LogP contribution in [0.15, 0.2) is 0 Å². The van der Waals surface area contributed by atoms with Crippen molar-refractivity contribution in [2.75, 3.05) is 32.7 Å². The van der Waals surface area contributed by atoms with Crippen molar-refractivity contribution < 1.29 is 9.90 Å². The molecule has 0 spiro atoms. The third-order valence-corrected chi connectivity index (χ3v) is 5.26. The number of piperidine rings is 1. The first kappa shape index (κ1) is 15.8. The Morgan fingerprint density at radius 2 is 1.90 bits per heavy atom. The molecule has 4 nitrogen and oxygen atoms in total. The summed E-state index contributed by atoms with van der Waals surface area (Å²) in [4.78, 5) is 16.4. The molecule has 0 amide bonds. The fourth-order valence-electron chi connectivity index (χ4n) is 3.64. The number of hydrogen-bond donors (Lipinski definition) is 1. The van der Waals surface area contributed by atoms with Gasteiger partial charge in [-0.1, -0.05) is 6.92 Å². The van der Waals surface area contributed by atoms with E-state index in [2.05, 4.69) is 16.7 Å². The van der Waals surface area contributed by atoms with Crippen molar-refractivity contribution in [3.05, 3.63) is 0 Å². The van der Waals surface area contributed by atoms with Crippen LogP contribution in [0.4, 0.5) is 0 Å². The quantitative estimate of drug-likeness (QED) is 0.860. The third kappa shape index (κ3) is 3.73. The minimum atomic E-state index is -0.618. The van der Waals surface area contributed by atoms with Crippen molar-refractivity contribution >= 4 is 5.97 Å². The Morgan fingerprint density at radius 1 is 1.20 bits per heavy atom. The van der Waals surface area contributed by atoms with Crippen molar-refractivity contribution in [1.82, 2.24) is 9.80 Å². The van der Waals surface area contributed by atoms with Crippen molar-refractivity contribution in [3.8, 4) is 0 Å². The molecule has 0 radical (unpaired) electrons. The fraction of sp³-hybridized carbons (Fsp3) is 0.938. The van der Waals surface area contributed by atoms with Gasteiger partial charge in [0.25, 0.3) is 0 Å². The summed E-state index contributed by atoms with van der Waals surface area (Å²) in [6.07, 6.45) is 6.67. The van der Waals surface area contributed by atoms with Crippen molar-refractivity contribution in [3.63, 3.8) is 0 Å². The lowest BCUT2D eigenvalue weighted by Gasteiger charge is -2.40. The topological polar surface area (TPSA) is 43.8 Å². The monoisotopic (exact) mass is 282 g/mol. The molecule has 2 rings (SSSR count). The Balaban J connectivity index is 1.83. The summed E-state index contributed by atoms with van der Waals surface area (Å²) in [6, 6.07) is 0.676. The highest BCUT2D eigenvalue weighted by Crippen LogP contribution is 2.33. The van der Waals surface area contributed by atoms with E-state index in [4.69, 9.17) is 0 Å². The number of aliphatic carboxylic acids is 1. The summed E-state index contributed by atoms with van der Waals surface area (Å²) in [6.45, 7) is 9.75. The van der Waals surface area contributed by atoms with E-state index >= 15 is 0 Å². The van der Waals surface area contributed by atoms with Crippen LogP contribution in [0.5, 0.6) is 0 Å². The van der Waals surface area contributed by atoms with Crippen LogP contribution in [0.3, 0.4) is 0 Å². The Morgan fingerprint density at radius 3 is 2.50 bits per heavy atom. The summed E-state index contributed by atoms with van der Waals surface area (Å²) in [5.74, 6) is -0.618. The number of rotatable bonds is 4. The lowest BCUT2D eigenvalue weighted by Crippen LogP contribution is -2.47. The largest absolute Gasteiger partial charge is 0.481 e. The van der Waals surface area contributed by atoms with E-state index in [-0.39, 0.29) is 0 Å². The molecule has 0 aromatic heterocycles. The van der Waals surface area contributed by atoms with Gasteiger partial charge in [0.05, 0.1) is 5.41 Å². The molecule has 2 aliphatic rings. The molecule has 2 aliphatic heterocycles. The predicted octanol–water partition coefficient (Wildman–Crippen LogP) is 2.44. The highest BCUT2D eigenvalue weighted by Gasteiger charge is 2.38. The molecule has 2 fully saturated rings. The van der Waals surface area contributed by atoms with Crippen LogP contribution >= 0.6 is 0 Å². The summed E-state index contributed by atoms with van der Waals surface area (Å²) in [5.41, 5.74) is -0.491. The first-order chi connectivity index (χ1) is 9.55. The zero-order chi connectivity index (χ0) is 14.6. The Kier molecular flexibility index (Phi) is 5.44. The minimum absolute atomic E-state index is 0.491. The molecule has 1 unspecified atom stereocenters. The molecule has 0 aromatic carbocycles. The lowest BCUT2D eigenvalue weighted by atomic mass is 9.80. The Bertz CT molecular complexity index is 324. The van der Waals surface area contributed by atoms with Crippen LogP contribution in [0.2, 0.25) is 0 Å². The van der Waals surface area contributed by atoms with Crippen LogP contribution < -0.4 is 0 Å². The molecule has 0 saturated carbocycles. The maximum absolute atomic E-state index is 11.3. The van der Waals surface area contributed by atoms with Crippen LogP contribution in [0.25, 0.3) is 0 Å². The molecule has 1 atom stereocenters. The van der Waals surface area contributed by atoms with Crippen molar-refractivity contribution in [2.24, 2.45) is 5.41 Å². The van der Waals surface area contributed by atoms with Crippen LogP contribution in [-0.4, -0.2) is 59.6 Å². The number of carboxylic acids is 1. The molecule has 0 aliphatic carbocycles. The molecule has 0 aromatic rings. The number of carbonyl (C=O) groups is 1. The van der Waals surface area contributed by atoms with E-state index in [1.807, 2.05) is 6.92 Å². The zero-order valence-corrected chi connectivity index (χ0v) is 13.1. The number of carboxylic acid groups (broad SMARTS) is 1. The van der Waals surface area contributed by atoms with Gasteiger partial charge in [-0.3, -0.25) is 4.79 Å². The summed E-state index contributed by atoms with van der Waals surface area (Å²) >= 11 is 0. The SMILES string of the molecule is CCCN1CCCC(N2CCC(C)(C(=O)O)CC2)CC1. The van der Waals surface area contributed by atoms with Gasteiger partial charge in [0.15, 0.2) is 0 Å². The van der Waals surface area contributed by atoms with Gasteiger partial charge in [0, 0.05) is 6.04 Å². The summed E-state index contributed by atoms with van der Waals surface area (Å²) in [7, 11) is 0. The van der Waals surface area contributed by atoms with Gasteiger partial charge < -0.3 is 14.9 Å². The van der Waals surface area contributed by atoms with Gasteiger partial charge in [-0.25, -0.2) is 0 Å². The highest BCUT2D eigenvalue weighted by atomic mass is 16.4. The second kappa shape index (κ2) is 6.90. The molecule has 116 valence electrons. The van der Waals surface area contributed by atoms with Crippen LogP contribution in [0, 0.1) is 5.41 Å². The first-order valence-electron chi connectivity index (χ1n) is 8.25. The van der Waals surface area contributed by atoms with Crippen LogP contribution in [0.1, 0.15) is 52.4 Å². The van der Waals surface area contributed by atoms with Gasteiger partial charge in [0.1, 0.15) is 0 Å². The Hall–Kier alpha value is -0.610. The van der Waals surface area contributed by atoms with Gasteiger partial charge in [-0.2, -0.15) is 0 Å². The van der Waals surface area contributed by atoms with Gasteiger partial charge in [-0.15, -0.1) is 0 Å². The predicted molar refractivity (Wildman–Crippen MR) is 80.9 cm³/mol. The maximum Gasteiger partial charge on any atom is 0.309 e. The molecule has 2 heterocycles. The molecule has 2 saturated heterocycles. The fourth-order valence-corrected chi connectivity index (χ4v) is 3.64. The molecule has 4 heteroatoms. The molecule has 20 heavy (non-hydrogen) atoms. The number of nitrogens with zero attached hydrogens (tertiary/aromatic N) is 2. The maximum atomic E-state index is 11.3. The zero-order valence-electron chi connectivity index (χ0n) is 13.1. The standard InChI is InChI=1S/C16H30N2O2/c1-3-9-17-10-4-5-14(6-11-17)18-12-7-16(2,8-13-18)15(19)20/h14H,3-13H2,1-2H3,(H,19,20). The smallest absolute Gasteiger partial charge is 0.309 e. The second-order valence-electron chi connectivity index (χ2n) is 6.83. The van der Waals surface area contributed by atoms with Gasteiger partial charge in [0.2, 0.25) is 0 Å². The Labute approximate surface area is 123 Å².